The SMILES string of the molecule is COc1ccc(CSc2cnccc2C#N)cc1. The highest BCUT2D eigenvalue weighted by Gasteiger charge is 2.03. The van der Waals surface area contributed by atoms with Crippen LogP contribution in [-0.2, 0) is 5.75 Å². The van der Waals surface area contributed by atoms with Gasteiger partial charge in [0.25, 0.3) is 0 Å². The van der Waals surface area contributed by atoms with Gasteiger partial charge >= 0.3 is 0 Å². The molecule has 0 aliphatic heterocycles. The molecule has 18 heavy (non-hydrogen) atoms. The van der Waals surface area contributed by atoms with Crippen molar-refractivity contribution in [3.63, 3.8) is 0 Å². The van der Waals surface area contributed by atoms with Gasteiger partial charge < -0.3 is 4.74 Å². The predicted octanol–water partition coefficient (Wildman–Crippen LogP) is 3.25. The standard InChI is InChI=1S/C14H12N2OS/c1-17-13-4-2-11(3-5-13)10-18-14-9-16-7-6-12(14)8-15/h2-7,9H,10H2,1H3. The van der Waals surface area contributed by atoms with E-state index in [1.54, 1.807) is 37.3 Å². The van der Waals surface area contributed by atoms with Crippen molar-refractivity contribution in [3.8, 4) is 11.8 Å². The molecular weight excluding hydrogens is 244 g/mol. The van der Waals surface area contributed by atoms with Gasteiger partial charge in [-0.1, -0.05) is 12.1 Å². The van der Waals surface area contributed by atoms with Crippen LogP contribution < -0.4 is 4.74 Å². The van der Waals surface area contributed by atoms with E-state index in [-0.39, 0.29) is 0 Å². The maximum Gasteiger partial charge on any atom is 0.118 e. The Morgan fingerprint density at radius 3 is 2.72 bits per heavy atom. The van der Waals surface area contributed by atoms with Gasteiger partial charge in [0.05, 0.1) is 12.7 Å². The lowest BCUT2D eigenvalue weighted by Gasteiger charge is -2.04. The topological polar surface area (TPSA) is 45.9 Å². The molecule has 0 aliphatic carbocycles. The van der Waals surface area contributed by atoms with E-state index in [0.717, 1.165) is 16.4 Å². The van der Waals surface area contributed by atoms with Gasteiger partial charge in [-0.3, -0.25) is 4.98 Å². The molecule has 0 saturated heterocycles. The average Bonchev–Trinajstić information content (AvgIpc) is 2.46. The maximum absolute atomic E-state index is 8.98. The molecule has 0 N–H and O–H groups in total. The second-order valence-corrected chi connectivity index (χ2v) is 4.64. The minimum atomic E-state index is 0.670. The van der Waals surface area contributed by atoms with Crippen LogP contribution in [0.2, 0.25) is 0 Å². The average molecular weight is 256 g/mol. The Balaban J connectivity index is 2.05. The van der Waals surface area contributed by atoms with Gasteiger partial charge in [0.2, 0.25) is 0 Å². The van der Waals surface area contributed by atoms with Gasteiger partial charge in [-0.15, -0.1) is 11.8 Å². The number of aromatic nitrogens is 1. The summed E-state index contributed by atoms with van der Waals surface area (Å²) < 4.78 is 5.11. The first-order chi connectivity index (χ1) is 8.83. The predicted molar refractivity (Wildman–Crippen MR) is 71.5 cm³/mol. The molecule has 0 amide bonds. The highest BCUT2D eigenvalue weighted by Crippen LogP contribution is 2.25. The van der Waals surface area contributed by atoms with Gasteiger partial charge in [-0.25, -0.2) is 0 Å². The molecule has 3 nitrogen and oxygen atoms in total. The summed E-state index contributed by atoms with van der Waals surface area (Å²) >= 11 is 1.61. The van der Waals surface area contributed by atoms with Crippen molar-refractivity contribution in [2.75, 3.05) is 7.11 Å². The smallest absolute Gasteiger partial charge is 0.118 e. The molecule has 0 fully saturated rings. The van der Waals surface area contributed by atoms with E-state index in [1.807, 2.05) is 24.3 Å². The molecule has 0 unspecified atom stereocenters. The zero-order valence-electron chi connectivity index (χ0n) is 9.96. The van der Waals surface area contributed by atoms with E-state index in [9.17, 15) is 0 Å². The number of pyridine rings is 1. The Labute approximate surface area is 110 Å². The van der Waals surface area contributed by atoms with Gasteiger partial charge in [0.1, 0.15) is 11.8 Å². The van der Waals surface area contributed by atoms with Gasteiger partial charge in [-0.05, 0) is 23.8 Å². The van der Waals surface area contributed by atoms with Crippen LogP contribution in [0.4, 0.5) is 0 Å². The van der Waals surface area contributed by atoms with Crippen molar-refractivity contribution in [1.82, 2.24) is 4.98 Å². The maximum atomic E-state index is 8.98. The Morgan fingerprint density at radius 2 is 2.06 bits per heavy atom. The van der Waals surface area contributed by atoms with Crippen LogP contribution in [0.3, 0.4) is 0 Å². The van der Waals surface area contributed by atoms with E-state index in [2.05, 4.69) is 11.1 Å². The summed E-state index contributed by atoms with van der Waals surface area (Å²) in [6, 6.07) is 11.8. The fourth-order valence-electron chi connectivity index (χ4n) is 1.47. The van der Waals surface area contributed by atoms with Gasteiger partial charge in [0, 0.05) is 23.0 Å². The van der Waals surface area contributed by atoms with E-state index >= 15 is 0 Å². The van der Waals surface area contributed by atoms with Crippen LogP contribution in [-0.4, -0.2) is 12.1 Å². The molecule has 1 aromatic carbocycles. The number of rotatable bonds is 4. The van der Waals surface area contributed by atoms with E-state index in [4.69, 9.17) is 10.00 Å². The first-order valence-corrected chi connectivity index (χ1v) is 6.42. The van der Waals surface area contributed by atoms with Gasteiger partial charge in [0.15, 0.2) is 0 Å². The van der Waals surface area contributed by atoms with Crippen molar-refractivity contribution in [2.24, 2.45) is 0 Å². The molecule has 0 bridgehead atoms. The number of benzene rings is 1. The Bertz CT molecular complexity index is 561. The first-order valence-electron chi connectivity index (χ1n) is 5.43. The normalized spacial score (nSPS) is 9.78. The molecule has 90 valence electrons. The third kappa shape index (κ3) is 3.02. The first kappa shape index (κ1) is 12.5. The minimum Gasteiger partial charge on any atom is -0.497 e. The fraction of sp³-hybridized carbons (Fsp3) is 0.143. The van der Waals surface area contributed by atoms with Crippen molar-refractivity contribution in [1.29, 1.82) is 5.26 Å². The van der Waals surface area contributed by atoms with Crippen LogP contribution in [0.5, 0.6) is 5.75 Å². The Morgan fingerprint density at radius 1 is 1.28 bits per heavy atom. The zero-order valence-corrected chi connectivity index (χ0v) is 10.8. The van der Waals surface area contributed by atoms with E-state index in [1.165, 1.54) is 5.56 Å². The molecule has 2 aromatic rings. The molecule has 1 aromatic heterocycles. The summed E-state index contributed by atoms with van der Waals surface area (Å²) in [6.07, 6.45) is 3.36. The Kier molecular flexibility index (Phi) is 4.21. The summed E-state index contributed by atoms with van der Waals surface area (Å²) in [5.74, 6) is 1.66. The lowest BCUT2D eigenvalue weighted by Crippen LogP contribution is -1.86. The third-order valence-corrected chi connectivity index (χ3v) is 3.57. The highest BCUT2D eigenvalue weighted by atomic mass is 32.2. The van der Waals surface area contributed by atoms with Crippen molar-refractivity contribution in [3.05, 3.63) is 53.9 Å². The monoisotopic (exact) mass is 256 g/mol. The summed E-state index contributed by atoms with van der Waals surface area (Å²) in [5.41, 5.74) is 1.86. The minimum absolute atomic E-state index is 0.670. The summed E-state index contributed by atoms with van der Waals surface area (Å²) in [6.45, 7) is 0. The molecular formula is C14H12N2OS. The second-order valence-electron chi connectivity index (χ2n) is 3.62. The largest absolute Gasteiger partial charge is 0.497 e. The zero-order chi connectivity index (χ0) is 12.8. The lowest BCUT2D eigenvalue weighted by molar-refractivity contribution is 0.414. The Hall–Kier alpha value is -1.99. The fourth-order valence-corrected chi connectivity index (χ4v) is 2.39. The molecule has 0 saturated carbocycles. The van der Waals surface area contributed by atoms with Crippen LogP contribution in [0.25, 0.3) is 0 Å². The van der Waals surface area contributed by atoms with E-state index < -0.39 is 0 Å². The molecule has 1 heterocycles. The quantitative estimate of drug-likeness (QED) is 0.788. The number of ether oxygens (including phenoxy) is 1. The number of nitriles is 1. The number of hydrogen-bond acceptors (Lipinski definition) is 4. The van der Waals surface area contributed by atoms with Crippen LogP contribution in [0.15, 0.2) is 47.6 Å². The van der Waals surface area contributed by atoms with Crippen molar-refractivity contribution < 1.29 is 4.74 Å². The van der Waals surface area contributed by atoms with Crippen molar-refractivity contribution in [2.45, 2.75) is 10.6 Å². The van der Waals surface area contributed by atoms with E-state index in [0.29, 0.717) is 5.56 Å². The van der Waals surface area contributed by atoms with Crippen molar-refractivity contribution >= 4 is 11.8 Å². The van der Waals surface area contributed by atoms with Crippen LogP contribution >= 0.6 is 11.8 Å². The lowest BCUT2D eigenvalue weighted by atomic mass is 10.2. The van der Waals surface area contributed by atoms with Gasteiger partial charge in [-0.2, -0.15) is 5.26 Å². The molecule has 4 heteroatoms. The summed E-state index contributed by atoms with van der Waals surface area (Å²) in [4.78, 5) is 4.95. The molecule has 0 radical (unpaired) electrons. The molecule has 0 atom stereocenters. The highest BCUT2D eigenvalue weighted by molar-refractivity contribution is 7.98. The van der Waals surface area contributed by atoms with Crippen LogP contribution in [0.1, 0.15) is 11.1 Å². The third-order valence-electron chi connectivity index (χ3n) is 2.46. The summed E-state index contributed by atoms with van der Waals surface area (Å²) in [7, 11) is 1.65. The number of methoxy groups -OCH3 is 1. The number of hydrogen-bond donors (Lipinski definition) is 0. The molecule has 0 spiro atoms. The molecule has 0 aliphatic rings. The number of thioether (sulfide) groups is 1. The molecule has 2 rings (SSSR count). The summed E-state index contributed by atoms with van der Waals surface area (Å²) in [5, 5.41) is 8.98. The van der Waals surface area contributed by atoms with Crippen LogP contribution in [0, 0.1) is 11.3 Å². The number of nitrogens with zero attached hydrogens (tertiary/aromatic N) is 2. The second kappa shape index (κ2) is 6.08.